The molecular weight excluding hydrogens is 242 g/mol. The first-order chi connectivity index (χ1) is 9.20. The maximum absolute atomic E-state index is 5.60. The largest absolute Gasteiger partial charge is 0.377 e. The van der Waals surface area contributed by atoms with Crippen molar-refractivity contribution in [3.05, 3.63) is 11.9 Å². The minimum atomic E-state index is 0.338. The number of ether oxygens (including phenoxy) is 1. The summed E-state index contributed by atoms with van der Waals surface area (Å²) in [4.78, 5) is 2.36. The van der Waals surface area contributed by atoms with Crippen molar-refractivity contribution in [2.75, 3.05) is 26.7 Å². The topological polar surface area (TPSA) is 55.2 Å². The zero-order valence-electron chi connectivity index (χ0n) is 12.2. The van der Waals surface area contributed by atoms with Crippen LogP contribution in [0.5, 0.6) is 0 Å². The van der Waals surface area contributed by atoms with Crippen LogP contribution in [-0.4, -0.2) is 58.8 Å². The third-order valence-electron chi connectivity index (χ3n) is 3.73. The molecule has 0 aromatic carbocycles. The minimum absolute atomic E-state index is 0.338. The van der Waals surface area contributed by atoms with E-state index in [0.29, 0.717) is 12.1 Å². The van der Waals surface area contributed by atoms with Crippen LogP contribution in [0, 0.1) is 0 Å². The van der Waals surface area contributed by atoms with Crippen LogP contribution >= 0.6 is 0 Å². The lowest BCUT2D eigenvalue weighted by Gasteiger charge is -2.26. The first-order valence-corrected chi connectivity index (χ1v) is 7.12. The molecule has 0 bridgehead atoms. The lowest BCUT2D eigenvalue weighted by Crippen LogP contribution is -2.38. The summed E-state index contributed by atoms with van der Waals surface area (Å²) in [5.41, 5.74) is 1.00. The quantitative estimate of drug-likeness (QED) is 0.779. The molecule has 1 aromatic heterocycles. The van der Waals surface area contributed by atoms with Crippen LogP contribution in [0.25, 0.3) is 0 Å². The van der Waals surface area contributed by atoms with Gasteiger partial charge in [-0.3, -0.25) is 9.58 Å². The number of nitrogens with zero attached hydrogens (tertiary/aromatic N) is 4. The van der Waals surface area contributed by atoms with Crippen LogP contribution in [-0.2, 0) is 17.8 Å². The summed E-state index contributed by atoms with van der Waals surface area (Å²) in [6, 6.07) is 0.532. The monoisotopic (exact) mass is 267 g/mol. The Morgan fingerprint density at radius 2 is 2.42 bits per heavy atom. The zero-order valence-corrected chi connectivity index (χ0v) is 12.2. The van der Waals surface area contributed by atoms with E-state index in [1.807, 2.05) is 10.9 Å². The van der Waals surface area contributed by atoms with Crippen LogP contribution in [0.3, 0.4) is 0 Å². The van der Waals surface area contributed by atoms with Gasteiger partial charge in [0.1, 0.15) is 0 Å². The lowest BCUT2D eigenvalue weighted by atomic mass is 10.1. The van der Waals surface area contributed by atoms with Crippen molar-refractivity contribution in [2.45, 2.75) is 45.5 Å². The summed E-state index contributed by atoms with van der Waals surface area (Å²) in [6.45, 7) is 8.71. The van der Waals surface area contributed by atoms with Gasteiger partial charge in [0.25, 0.3) is 0 Å². The van der Waals surface area contributed by atoms with Crippen molar-refractivity contribution < 1.29 is 4.74 Å². The molecule has 1 N–H and O–H groups in total. The molecule has 1 aliphatic heterocycles. The summed E-state index contributed by atoms with van der Waals surface area (Å²) in [5, 5.41) is 11.6. The highest BCUT2D eigenvalue weighted by Gasteiger charge is 2.27. The number of rotatable bonds is 7. The van der Waals surface area contributed by atoms with Crippen LogP contribution in [0.1, 0.15) is 26.0 Å². The number of nitrogens with one attached hydrogen (secondary N) is 1. The summed E-state index contributed by atoms with van der Waals surface area (Å²) in [5.74, 6) is 0. The Hall–Kier alpha value is -0.980. The maximum atomic E-state index is 5.60. The highest BCUT2D eigenvalue weighted by atomic mass is 16.5. The third-order valence-corrected chi connectivity index (χ3v) is 3.73. The Morgan fingerprint density at radius 3 is 3.11 bits per heavy atom. The molecule has 0 radical (unpaired) electrons. The van der Waals surface area contributed by atoms with E-state index in [-0.39, 0.29) is 0 Å². The van der Waals surface area contributed by atoms with Gasteiger partial charge < -0.3 is 10.1 Å². The molecule has 2 rings (SSSR count). The van der Waals surface area contributed by atoms with Crippen molar-refractivity contribution in [1.29, 1.82) is 0 Å². The van der Waals surface area contributed by atoms with E-state index in [4.69, 9.17) is 4.74 Å². The van der Waals surface area contributed by atoms with Crippen LogP contribution in [0.4, 0.5) is 0 Å². The van der Waals surface area contributed by atoms with E-state index in [1.54, 1.807) is 0 Å². The highest BCUT2D eigenvalue weighted by Crippen LogP contribution is 2.17. The normalized spacial score (nSPS) is 23.4. The summed E-state index contributed by atoms with van der Waals surface area (Å²) in [6.07, 6.45) is 3.48. The Kier molecular flexibility index (Phi) is 5.30. The van der Waals surface area contributed by atoms with Gasteiger partial charge in [0.2, 0.25) is 0 Å². The predicted molar refractivity (Wildman–Crippen MR) is 73.9 cm³/mol. The standard InChI is InChI=1S/C13H25N5O/c1-4-14-9-12-10-18(16-15-12)7-6-17(3)13-5-8-19-11(13)2/h10-11,13-14H,4-9H2,1-3H3. The molecule has 2 unspecified atom stereocenters. The molecule has 0 spiro atoms. The van der Waals surface area contributed by atoms with E-state index in [2.05, 4.69) is 41.4 Å². The average molecular weight is 267 g/mol. The summed E-state index contributed by atoms with van der Waals surface area (Å²) < 4.78 is 7.52. The van der Waals surface area contributed by atoms with E-state index in [1.165, 1.54) is 0 Å². The van der Waals surface area contributed by atoms with E-state index < -0.39 is 0 Å². The Labute approximate surface area is 115 Å². The van der Waals surface area contributed by atoms with Gasteiger partial charge in [-0.15, -0.1) is 5.10 Å². The van der Waals surface area contributed by atoms with Gasteiger partial charge in [0, 0.05) is 31.9 Å². The van der Waals surface area contributed by atoms with E-state index in [9.17, 15) is 0 Å². The molecule has 1 fully saturated rings. The minimum Gasteiger partial charge on any atom is -0.377 e. The molecule has 2 atom stereocenters. The van der Waals surface area contributed by atoms with Crippen LogP contribution in [0.2, 0.25) is 0 Å². The molecule has 6 heteroatoms. The molecule has 1 aliphatic rings. The number of hydrogen-bond donors (Lipinski definition) is 1. The van der Waals surface area contributed by atoms with Crippen molar-refractivity contribution in [3.63, 3.8) is 0 Å². The molecule has 0 aliphatic carbocycles. The Balaban J connectivity index is 1.76. The van der Waals surface area contributed by atoms with Crippen molar-refractivity contribution in [3.8, 4) is 0 Å². The fourth-order valence-corrected chi connectivity index (χ4v) is 2.51. The Morgan fingerprint density at radius 1 is 1.58 bits per heavy atom. The fourth-order valence-electron chi connectivity index (χ4n) is 2.51. The van der Waals surface area contributed by atoms with Gasteiger partial charge in [-0.1, -0.05) is 12.1 Å². The smallest absolute Gasteiger partial charge is 0.0964 e. The summed E-state index contributed by atoms with van der Waals surface area (Å²) >= 11 is 0. The molecule has 0 saturated carbocycles. The fraction of sp³-hybridized carbons (Fsp3) is 0.846. The summed E-state index contributed by atoms with van der Waals surface area (Å²) in [7, 11) is 2.16. The average Bonchev–Trinajstić information content (AvgIpc) is 3.02. The second-order valence-corrected chi connectivity index (χ2v) is 5.17. The molecule has 19 heavy (non-hydrogen) atoms. The molecule has 2 heterocycles. The number of likely N-dealkylation sites (N-methyl/N-ethyl adjacent to an activating group) is 1. The molecule has 108 valence electrons. The van der Waals surface area contributed by atoms with E-state index in [0.717, 1.165) is 44.9 Å². The van der Waals surface area contributed by atoms with Crippen LogP contribution in [0.15, 0.2) is 6.20 Å². The molecule has 0 amide bonds. The highest BCUT2D eigenvalue weighted by molar-refractivity contribution is 4.91. The van der Waals surface area contributed by atoms with Crippen molar-refractivity contribution in [1.82, 2.24) is 25.2 Å². The Bertz CT molecular complexity index is 381. The van der Waals surface area contributed by atoms with Gasteiger partial charge in [-0.25, -0.2) is 0 Å². The molecule has 1 saturated heterocycles. The van der Waals surface area contributed by atoms with Crippen LogP contribution < -0.4 is 5.32 Å². The molecule has 6 nitrogen and oxygen atoms in total. The second kappa shape index (κ2) is 6.98. The second-order valence-electron chi connectivity index (χ2n) is 5.17. The predicted octanol–water partition coefficient (Wildman–Crippen LogP) is 0.497. The zero-order chi connectivity index (χ0) is 13.7. The van der Waals surface area contributed by atoms with Gasteiger partial charge in [0.05, 0.1) is 18.3 Å². The first kappa shape index (κ1) is 14.4. The number of aromatic nitrogens is 3. The third kappa shape index (κ3) is 3.99. The van der Waals surface area contributed by atoms with E-state index >= 15 is 0 Å². The SMILES string of the molecule is CCNCc1cn(CCN(C)C2CCOC2C)nn1. The van der Waals surface area contributed by atoms with Crippen molar-refractivity contribution >= 4 is 0 Å². The number of hydrogen-bond acceptors (Lipinski definition) is 5. The van der Waals surface area contributed by atoms with Gasteiger partial charge in [-0.05, 0) is 26.9 Å². The molecular formula is C13H25N5O. The van der Waals surface area contributed by atoms with Gasteiger partial charge in [-0.2, -0.15) is 0 Å². The van der Waals surface area contributed by atoms with Gasteiger partial charge in [0.15, 0.2) is 0 Å². The molecule has 1 aromatic rings. The maximum Gasteiger partial charge on any atom is 0.0964 e. The first-order valence-electron chi connectivity index (χ1n) is 7.12. The van der Waals surface area contributed by atoms with Crippen molar-refractivity contribution in [2.24, 2.45) is 0 Å². The van der Waals surface area contributed by atoms with Gasteiger partial charge >= 0.3 is 0 Å². The lowest BCUT2D eigenvalue weighted by molar-refractivity contribution is 0.0822.